The largest absolute Gasteiger partial charge is 0.298 e. The van der Waals surface area contributed by atoms with Gasteiger partial charge in [-0.25, -0.2) is 4.39 Å². The normalized spacial score (nSPS) is 23.3. The summed E-state index contributed by atoms with van der Waals surface area (Å²) in [6.45, 7) is 4.01. The van der Waals surface area contributed by atoms with Gasteiger partial charge in [0.15, 0.2) is 5.78 Å². The van der Waals surface area contributed by atoms with Gasteiger partial charge in [0.2, 0.25) is 0 Å². The summed E-state index contributed by atoms with van der Waals surface area (Å²) in [4.78, 5) is 12.4. The smallest absolute Gasteiger partial charge is 0.151 e. The van der Waals surface area contributed by atoms with E-state index < -0.39 is 0 Å². The number of Topliss-reactive ketones (excluding diaryl/α,β-unsaturated/α-hetero) is 1. The minimum absolute atomic E-state index is 0.105. The average Bonchev–Trinajstić information content (AvgIpc) is 2.41. The van der Waals surface area contributed by atoms with Gasteiger partial charge in [-0.05, 0) is 36.6 Å². The van der Waals surface area contributed by atoms with Crippen molar-refractivity contribution in [3.05, 3.63) is 35.1 Å². The minimum Gasteiger partial charge on any atom is -0.298 e. The molecule has 2 atom stereocenters. The molecule has 1 fully saturated rings. The number of carbonyl (C=O) groups excluding carboxylic acids is 1. The quantitative estimate of drug-likeness (QED) is 0.840. The second kappa shape index (κ2) is 6.80. The molecule has 0 aliphatic carbocycles. The van der Waals surface area contributed by atoms with Gasteiger partial charge >= 0.3 is 0 Å². The predicted octanol–water partition coefficient (Wildman–Crippen LogP) is 3.87. The molecule has 0 bridgehead atoms. The van der Waals surface area contributed by atoms with Crippen molar-refractivity contribution in [2.24, 2.45) is 0 Å². The van der Waals surface area contributed by atoms with Crippen molar-refractivity contribution in [2.45, 2.75) is 37.2 Å². The highest BCUT2D eigenvalue weighted by molar-refractivity contribution is 8.07. The maximum absolute atomic E-state index is 13.1. The van der Waals surface area contributed by atoms with E-state index in [9.17, 15) is 9.18 Å². The molecule has 0 saturated carbocycles. The van der Waals surface area contributed by atoms with Crippen molar-refractivity contribution < 1.29 is 9.18 Å². The summed E-state index contributed by atoms with van der Waals surface area (Å²) in [6.07, 6.45) is 1.47. The molecule has 1 aromatic rings. The Hall–Kier alpha value is -0.480. The molecule has 2 rings (SSSR count). The molecule has 1 aromatic carbocycles. The van der Waals surface area contributed by atoms with Crippen LogP contribution in [0.5, 0.6) is 0 Å². The third kappa shape index (κ3) is 3.76. The molecule has 4 heteroatoms. The Bertz CT molecular complexity index is 461. The molecule has 0 N–H and O–H groups in total. The van der Waals surface area contributed by atoms with Gasteiger partial charge in [-0.1, -0.05) is 13.0 Å². The Morgan fingerprint density at radius 1 is 1.37 bits per heavy atom. The highest BCUT2D eigenvalue weighted by Gasteiger charge is 2.30. The van der Waals surface area contributed by atoms with Crippen LogP contribution in [0.3, 0.4) is 0 Å². The van der Waals surface area contributed by atoms with Crippen molar-refractivity contribution >= 4 is 29.3 Å². The van der Waals surface area contributed by atoms with E-state index in [2.05, 4.69) is 6.92 Å². The molecule has 0 amide bonds. The summed E-state index contributed by atoms with van der Waals surface area (Å²) in [5, 5.41) is 0.542. The molecule has 1 saturated heterocycles. The molecule has 1 aliphatic heterocycles. The molecular formula is C15H19FOS2. The molecule has 1 aliphatic rings. The third-order valence-electron chi connectivity index (χ3n) is 3.44. The Labute approximate surface area is 122 Å². The zero-order valence-corrected chi connectivity index (χ0v) is 13.0. The van der Waals surface area contributed by atoms with Crippen LogP contribution in [0.2, 0.25) is 0 Å². The number of hydrogen-bond donors (Lipinski definition) is 0. The topological polar surface area (TPSA) is 17.1 Å². The number of aryl methyl sites for hydroxylation is 1. The highest BCUT2D eigenvalue weighted by Crippen LogP contribution is 2.34. The Balaban J connectivity index is 2.07. The SMILES string of the molecule is CCC1SCCSC1C(=O)Cc1ccc(F)cc1C. The molecule has 0 aromatic heterocycles. The van der Waals surface area contributed by atoms with E-state index in [1.54, 1.807) is 17.8 Å². The lowest BCUT2D eigenvalue weighted by molar-refractivity contribution is -0.117. The Kier molecular flexibility index (Phi) is 5.34. The van der Waals surface area contributed by atoms with Gasteiger partial charge < -0.3 is 0 Å². The fourth-order valence-corrected chi connectivity index (χ4v) is 5.38. The minimum atomic E-state index is -0.234. The van der Waals surface area contributed by atoms with E-state index in [0.717, 1.165) is 29.1 Å². The summed E-state index contributed by atoms with van der Waals surface area (Å²) < 4.78 is 13.1. The highest BCUT2D eigenvalue weighted by atomic mass is 32.2. The molecule has 1 heterocycles. The maximum atomic E-state index is 13.1. The molecule has 2 unspecified atom stereocenters. The molecule has 19 heavy (non-hydrogen) atoms. The van der Waals surface area contributed by atoms with Crippen LogP contribution < -0.4 is 0 Å². The second-order valence-corrected chi connectivity index (χ2v) is 7.42. The van der Waals surface area contributed by atoms with Crippen LogP contribution in [0.1, 0.15) is 24.5 Å². The second-order valence-electron chi connectivity index (χ2n) is 4.82. The van der Waals surface area contributed by atoms with E-state index in [1.165, 1.54) is 12.1 Å². The van der Waals surface area contributed by atoms with Gasteiger partial charge in [0.1, 0.15) is 5.82 Å². The van der Waals surface area contributed by atoms with Crippen LogP contribution in [0.25, 0.3) is 0 Å². The molecular weight excluding hydrogens is 279 g/mol. The molecule has 104 valence electrons. The van der Waals surface area contributed by atoms with Crippen LogP contribution in [-0.4, -0.2) is 27.8 Å². The van der Waals surface area contributed by atoms with E-state index >= 15 is 0 Å². The first-order chi connectivity index (χ1) is 9.11. The fraction of sp³-hybridized carbons (Fsp3) is 0.533. The molecule has 1 nitrogen and oxygen atoms in total. The first-order valence-corrected chi connectivity index (χ1v) is 8.72. The van der Waals surface area contributed by atoms with Gasteiger partial charge in [0, 0.05) is 23.2 Å². The summed E-state index contributed by atoms with van der Waals surface area (Å²) >= 11 is 3.70. The number of rotatable bonds is 4. The van der Waals surface area contributed by atoms with E-state index in [1.807, 2.05) is 18.7 Å². The van der Waals surface area contributed by atoms with Crippen molar-refractivity contribution in [1.82, 2.24) is 0 Å². The fourth-order valence-electron chi connectivity index (χ4n) is 2.35. The first kappa shape index (κ1) is 14.9. The zero-order valence-electron chi connectivity index (χ0n) is 11.3. The third-order valence-corrected chi connectivity index (χ3v) is 6.73. The van der Waals surface area contributed by atoms with Crippen LogP contribution in [0.4, 0.5) is 4.39 Å². The van der Waals surface area contributed by atoms with Crippen molar-refractivity contribution in [3.8, 4) is 0 Å². The zero-order chi connectivity index (χ0) is 13.8. The van der Waals surface area contributed by atoms with Gasteiger partial charge in [-0.15, -0.1) is 11.8 Å². The average molecular weight is 298 g/mol. The number of halogens is 1. The standard InChI is InChI=1S/C15H19FOS2/c1-3-14-15(19-7-6-18-14)13(17)9-11-4-5-12(16)8-10(11)2/h4-5,8,14-15H,3,6-7,9H2,1-2H3. The summed E-state index contributed by atoms with van der Waals surface area (Å²) in [5.74, 6) is 2.25. The van der Waals surface area contributed by atoms with Crippen LogP contribution in [-0.2, 0) is 11.2 Å². The molecule has 0 spiro atoms. The van der Waals surface area contributed by atoms with E-state index in [0.29, 0.717) is 17.5 Å². The van der Waals surface area contributed by atoms with Gasteiger partial charge in [-0.3, -0.25) is 4.79 Å². The molecule has 0 radical (unpaired) electrons. The number of carbonyl (C=O) groups is 1. The maximum Gasteiger partial charge on any atom is 0.151 e. The van der Waals surface area contributed by atoms with Gasteiger partial charge in [0.05, 0.1) is 5.25 Å². The monoisotopic (exact) mass is 298 g/mol. The Morgan fingerprint density at radius 3 is 2.79 bits per heavy atom. The lowest BCUT2D eigenvalue weighted by Crippen LogP contribution is -2.33. The lowest BCUT2D eigenvalue weighted by Gasteiger charge is -2.28. The van der Waals surface area contributed by atoms with Gasteiger partial charge in [-0.2, -0.15) is 11.8 Å². The van der Waals surface area contributed by atoms with Crippen LogP contribution in [0.15, 0.2) is 18.2 Å². The summed E-state index contributed by atoms with van der Waals surface area (Å²) in [7, 11) is 0. The first-order valence-electron chi connectivity index (χ1n) is 6.62. The van der Waals surface area contributed by atoms with Crippen molar-refractivity contribution in [1.29, 1.82) is 0 Å². The van der Waals surface area contributed by atoms with Crippen molar-refractivity contribution in [3.63, 3.8) is 0 Å². The Morgan fingerprint density at radius 2 is 2.11 bits per heavy atom. The van der Waals surface area contributed by atoms with Crippen molar-refractivity contribution in [2.75, 3.05) is 11.5 Å². The van der Waals surface area contributed by atoms with E-state index in [4.69, 9.17) is 0 Å². The summed E-state index contributed by atoms with van der Waals surface area (Å²) in [5.41, 5.74) is 1.83. The number of hydrogen-bond acceptors (Lipinski definition) is 3. The number of ketones is 1. The summed E-state index contributed by atoms with van der Waals surface area (Å²) in [6, 6.07) is 4.68. The predicted molar refractivity (Wildman–Crippen MR) is 82.6 cm³/mol. The number of thioether (sulfide) groups is 2. The van der Waals surface area contributed by atoms with Crippen LogP contribution >= 0.6 is 23.5 Å². The van der Waals surface area contributed by atoms with Gasteiger partial charge in [0.25, 0.3) is 0 Å². The number of benzene rings is 1. The van der Waals surface area contributed by atoms with Crippen LogP contribution in [0, 0.1) is 12.7 Å². The lowest BCUT2D eigenvalue weighted by atomic mass is 10.0. The van der Waals surface area contributed by atoms with E-state index in [-0.39, 0.29) is 11.1 Å².